The molecule has 4 heteroatoms. The molecule has 0 fully saturated rings. The SMILES string of the molecule is CCCc1ccc2c(c1)C(=O)OC21c2ccc(C)cc2Oc2cc(O)ccc21. The standard InChI is InChI=1S/C24H20O4/c1-3-4-15-6-9-18-17(12-15)23(26)28-24(18)19-8-5-14(2)11-21(19)27-22-13-16(25)7-10-20(22)24/h5-13,25H,3-4H2,1-2H3. The van der Waals surface area contributed by atoms with Crippen molar-refractivity contribution in [1.29, 1.82) is 0 Å². The Balaban J connectivity index is 1.83. The molecule has 2 heterocycles. The number of fused-ring (bicyclic) bond motifs is 6. The Labute approximate surface area is 163 Å². The van der Waals surface area contributed by atoms with Gasteiger partial charge in [-0.3, -0.25) is 0 Å². The van der Waals surface area contributed by atoms with E-state index in [2.05, 4.69) is 13.0 Å². The number of phenolic OH excluding ortho intramolecular Hbond substituents is 1. The summed E-state index contributed by atoms with van der Waals surface area (Å²) in [6.45, 7) is 4.10. The predicted molar refractivity (Wildman–Crippen MR) is 105 cm³/mol. The van der Waals surface area contributed by atoms with Gasteiger partial charge in [-0.2, -0.15) is 0 Å². The van der Waals surface area contributed by atoms with Gasteiger partial charge in [0.2, 0.25) is 0 Å². The van der Waals surface area contributed by atoms with E-state index in [1.165, 1.54) is 0 Å². The summed E-state index contributed by atoms with van der Waals surface area (Å²) < 4.78 is 12.2. The molecule has 28 heavy (non-hydrogen) atoms. The molecule has 0 saturated carbocycles. The topological polar surface area (TPSA) is 55.8 Å². The van der Waals surface area contributed by atoms with Crippen LogP contribution in [0, 0.1) is 6.92 Å². The van der Waals surface area contributed by atoms with Crippen molar-refractivity contribution in [3.63, 3.8) is 0 Å². The molecule has 140 valence electrons. The molecule has 1 N–H and O–H groups in total. The zero-order valence-corrected chi connectivity index (χ0v) is 15.8. The lowest BCUT2D eigenvalue weighted by atomic mass is 9.77. The molecule has 1 atom stereocenters. The first kappa shape index (κ1) is 16.9. The van der Waals surface area contributed by atoms with Crippen molar-refractivity contribution in [2.75, 3.05) is 0 Å². The van der Waals surface area contributed by atoms with Crippen molar-refractivity contribution >= 4 is 5.97 Å². The number of phenols is 1. The Kier molecular flexibility index (Phi) is 3.53. The number of hydrogen-bond donors (Lipinski definition) is 1. The van der Waals surface area contributed by atoms with Crippen molar-refractivity contribution in [3.8, 4) is 17.2 Å². The van der Waals surface area contributed by atoms with Gasteiger partial charge in [0.25, 0.3) is 0 Å². The maximum Gasteiger partial charge on any atom is 0.340 e. The van der Waals surface area contributed by atoms with Gasteiger partial charge in [-0.1, -0.05) is 37.6 Å². The van der Waals surface area contributed by atoms with E-state index in [0.717, 1.165) is 40.7 Å². The highest BCUT2D eigenvalue weighted by Gasteiger charge is 2.53. The molecule has 0 aliphatic carbocycles. The smallest absolute Gasteiger partial charge is 0.340 e. The van der Waals surface area contributed by atoms with Crippen molar-refractivity contribution in [3.05, 3.63) is 88.0 Å². The summed E-state index contributed by atoms with van der Waals surface area (Å²) in [5.41, 5.74) is 4.03. The van der Waals surface area contributed by atoms with Crippen LogP contribution in [0.5, 0.6) is 17.2 Å². The lowest BCUT2D eigenvalue weighted by molar-refractivity contribution is 0.0224. The molecule has 0 bridgehead atoms. The summed E-state index contributed by atoms with van der Waals surface area (Å²) >= 11 is 0. The van der Waals surface area contributed by atoms with Crippen LogP contribution < -0.4 is 4.74 Å². The summed E-state index contributed by atoms with van der Waals surface area (Å²) in [7, 11) is 0. The summed E-state index contributed by atoms with van der Waals surface area (Å²) in [5, 5.41) is 9.98. The molecule has 2 aliphatic rings. The van der Waals surface area contributed by atoms with Gasteiger partial charge in [-0.05, 0) is 48.7 Å². The zero-order valence-electron chi connectivity index (χ0n) is 15.8. The highest BCUT2D eigenvalue weighted by molar-refractivity contribution is 5.97. The Bertz CT molecular complexity index is 1080. The fraction of sp³-hybridized carbons (Fsp3) is 0.208. The van der Waals surface area contributed by atoms with Gasteiger partial charge in [0.1, 0.15) is 17.2 Å². The number of rotatable bonds is 2. The molecule has 0 radical (unpaired) electrons. The fourth-order valence-corrected chi connectivity index (χ4v) is 4.32. The molecule has 0 saturated heterocycles. The van der Waals surface area contributed by atoms with Crippen LogP contribution in [-0.2, 0) is 16.8 Å². The molecule has 3 aromatic carbocycles. The summed E-state index contributed by atoms with van der Waals surface area (Å²) in [5.74, 6) is 0.904. The van der Waals surface area contributed by atoms with Crippen molar-refractivity contribution in [2.24, 2.45) is 0 Å². The average Bonchev–Trinajstić information content (AvgIpc) is 2.94. The highest BCUT2D eigenvalue weighted by atomic mass is 16.6. The second kappa shape index (κ2) is 5.86. The van der Waals surface area contributed by atoms with Crippen LogP contribution in [0.1, 0.15) is 51.5 Å². The highest BCUT2D eigenvalue weighted by Crippen LogP contribution is 2.56. The Morgan fingerprint density at radius 3 is 2.43 bits per heavy atom. The van der Waals surface area contributed by atoms with Gasteiger partial charge in [0.05, 0.1) is 5.56 Å². The monoisotopic (exact) mass is 372 g/mol. The van der Waals surface area contributed by atoms with Crippen LogP contribution in [0.4, 0.5) is 0 Å². The quantitative estimate of drug-likeness (QED) is 0.627. The van der Waals surface area contributed by atoms with Gasteiger partial charge in [-0.25, -0.2) is 4.79 Å². The summed E-state index contributed by atoms with van der Waals surface area (Å²) in [6.07, 6.45) is 1.92. The van der Waals surface area contributed by atoms with Gasteiger partial charge < -0.3 is 14.6 Å². The van der Waals surface area contributed by atoms with Crippen LogP contribution in [0.25, 0.3) is 0 Å². The number of ether oxygens (including phenoxy) is 2. The number of aromatic hydroxyl groups is 1. The third kappa shape index (κ3) is 2.21. The molecule has 0 aromatic heterocycles. The fourth-order valence-electron chi connectivity index (χ4n) is 4.32. The second-order valence-corrected chi connectivity index (χ2v) is 7.48. The van der Waals surface area contributed by atoms with E-state index in [4.69, 9.17) is 9.47 Å². The summed E-state index contributed by atoms with van der Waals surface area (Å²) in [6, 6.07) is 16.8. The molecule has 0 amide bonds. The zero-order chi connectivity index (χ0) is 19.5. The Hall–Kier alpha value is -3.27. The van der Waals surface area contributed by atoms with E-state index in [0.29, 0.717) is 17.1 Å². The van der Waals surface area contributed by atoms with E-state index >= 15 is 0 Å². The first-order chi connectivity index (χ1) is 13.5. The number of carbonyl (C=O) groups is 1. The van der Waals surface area contributed by atoms with E-state index in [-0.39, 0.29) is 11.7 Å². The van der Waals surface area contributed by atoms with Crippen molar-refractivity contribution < 1.29 is 19.4 Å². The lowest BCUT2D eigenvalue weighted by Crippen LogP contribution is -2.33. The molecule has 1 unspecified atom stereocenters. The number of hydrogen-bond acceptors (Lipinski definition) is 4. The van der Waals surface area contributed by atoms with E-state index < -0.39 is 5.60 Å². The van der Waals surface area contributed by atoms with E-state index in [1.807, 2.05) is 37.3 Å². The lowest BCUT2D eigenvalue weighted by Gasteiger charge is -2.36. The number of benzene rings is 3. The maximum absolute atomic E-state index is 12.9. The molecule has 4 nitrogen and oxygen atoms in total. The third-order valence-corrected chi connectivity index (χ3v) is 5.55. The Morgan fingerprint density at radius 1 is 0.929 bits per heavy atom. The largest absolute Gasteiger partial charge is 0.508 e. The minimum absolute atomic E-state index is 0.104. The van der Waals surface area contributed by atoms with Crippen LogP contribution >= 0.6 is 0 Å². The van der Waals surface area contributed by atoms with Gasteiger partial charge in [0.15, 0.2) is 5.60 Å². The van der Waals surface area contributed by atoms with E-state index in [9.17, 15) is 9.90 Å². The van der Waals surface area contributed by atoms with Crippen LogP contribution in [-0.4, -0.2) is 11.1 Å². The molecule has 1 spiro atoms. The molecular weight excluding hydrogens is 352 g/mol. The molecular formula is C24H20O4. The van der Waals surface area contributed by atoms with Crippen molar-refractivity contribution in [1.82, 2.24) is 0 Å². The van der Waals surface area contributed by atoms with Gasteiger partial charge in [-0.15, -0.1) is 0 Å². The average molecular weight is 372 g/mol. The first-order valence-electron chi connectivity index (χ1n) is 9.52. The van der Waals surface area contributed by atoms with E-state index in [1.54, 1.807) is 18.2 Å². The predicted octanol–water partition coefficient (Wildman–Crippen LogP) is 5.22. The van der Waals surface area contributed by atoms with Gasteiger partial charge in [0, 0.05) is 22.8 Å². The number of esters is 1. The first-order valence-corrected chi connectivity index (χ1v) is 9.52. The molecule has 5 rings (SSSR count). The number of carbonyl (C=O) groups excluding carboxylic acids is 1. The van der Waals surface area contributed by atoms with Crippen LogP contribution in [0.3, 0.4) is 0 Å². The van der Waals surface area contributed by atoms with Gasteiger partial charge >= 0.3 is 5.97 Å². The minimum atomic E-state index is -1.07. The number of aryl methyl sites for hydroxylation is 2. The van der Waals surface area contributed by atoms with Crippen molar-refractivity contribution in [2.45, 2.75) is 32.3 Å². The second-order valence-electron chi connectivity index (χ2n) is 7.48. The van der Waals surface area contributed by atoms with Crippen LogP contribution in [0.2, 0.25) is 0 Å². The van der Waals surface area contributed by atoms with Crippen LogP contribution in [0.15, 0.2) is 54.6 Å². The Morgan fingerprint density at radius 2 is 1.64 bits per heavy atom. The molecule has 2 aliphatic heterocycles. The third-order valence-electron chi connectivity index (χ3n) is 5.55. The summed E-state index contributed by atoms with van der Waals surface area (Å²) in [4.78, 5) is 12.9. The maximum atomic E-state index is 12.9. The molecule has 3 aromatic rings. The minimum Gasteiger partial charge on any atom is -0.508 e. The normalized spacial score (nSPS) is 18.9.